The summed E-state index contributed by atoms with van der Waals surface area (Å²) in [4.78, 5) is 12.4. The molecule has 0 fully saturated rings. The van der Waals surface area contributed by atoms with Crippen LogP contribution < -0.4 is 9.62 Å². The lowest BCUT2D eigenvalue weighted by atomic mass is 10.1. The number of nitrogens with zero attached hydrogens (tertiary/aromatic N) is 1. The van der Waals surface area contributed by atoms with Gasteiger partial charge in [-0.3, -0.25) is 9.10 Å². The van der Waals surface area contributed by atoms with Crippen LogP contribution in [0.4, 0.5) is 11.4 Å². The molecule has 0 aliphatic heterocycles. The van der Waals surface area contributed by atoms with Crippen molar-refractivity contribution in [3.05, 3.63) is 88.4 Å². The molecule has 0 atom stereocenters. The Bertz CT molecular complexity index is 1120. The zero-order valence-corrected chi connectivity index (χ0v) is 17.8. The van der Waals surface area contributed by atoms with Crippen LogP contribution in [-0.4, -0.2) is 21.4 Å². The van der Waals surface area contributed by atoms with Gasteiger partial charge in [-0.05, 0) is 54.1 Å². The van der Waals surface area contributed by atoms with E-state index >= 15 is 0 Å². The standard InChI is InChI=1S/C21H18Cl2N2O3S/c1-25(29(27,28)18-12-8-16(22)9-13-18)17-10-6-15(7-11-17)14-21(26)24-20-5-3-2-4-19(20)23/h2-13H,14H2,1H3,(H,24,26). The van der Waals surface area contributed by atoms with E-state index in [1.165, 1.54) is 35.6 Å². The van der Waals surface area contributed by atoms with Crippen molar-refractivity contribution in [1.29, 1.82) is 0 Å². The first-order chi connectivity index (χ1) is 13.8. The van der Waals surface area contributed by atoms with E-state index in [1.54, 1.807) is 48.5 Å². The zero-order chi connectivity index (χ0) is 21.0. The normalized spacial score (nSPS) is 11.1. The smallest absolute Gasteiger partial charge is 0.264 e. The number of hydrogen-bond donors (Lipinski definition) is 1. The van der Waals surface area contributed by atoms with Gasteiger partial charge in [0.15, 0.2) is 0 Å². The third-order valence-corrected chi connectivity index (χ3v) is 6.67. The Labute approximate surface area is 179 Å². The van der Waals surface area contributed by atoms with Crippen LogP contribution in [-0.2, 0) is 21.2 Å². The Morgan fingerprint density at radius 3 is 2.17 bits per heavy atom. The molecule has 3 rings (SSSR count). The van der Waals surface area contributed by atoms with Gasteiger partial charge >= 0.3 is 0 Å². The molecule has 3 aromatic rings. The molecule has 0 saturated carbocycles. The number of halogens is 2. The molecule has 0 aliphatic carbocycles. The SMILES string of the molecule is CN(c1ccc(CC(=O)Nc2ccccc2Cl)cc1)S(=O)(=O)c1ccc(Cl)cc1. The molecule has 5 nitrogen and oxygen atoms in total. The van der Waals surface area contributed by atoms with Crippen LogP contribution in [0, 0.1) is 0 Å². The minimum Gasteiger partial charge on any atom is -0.324 e. The topological polar surface area (TPSA) is 66.5 Å². The molecule has 1 amide bonds. The average molecular weight is 449 g/mol. The minimum absolute atomic E-state index is 0.138. The van der Waals surface area contributed by atoms with Crippen LogP contribution in [0.5, 0.6) is 0 Å². The van der Waals surface area contributed by atoms with E-state index in [2.05, 4.69) is 5.32 Å². The summed E-state index contributed by atoms with van der Waals surface area (Å²) in [7, 11) is -2.23. The Balaban J connectivity index is 1.70. The predicted octanol–water partition coefficient (Wildman–Crippen LogP) is 5.00. The number of nitrogens with one attached hydrogen (secondary N) is 1. The third kappa shape index (κ3) is 5.09. The molecular weight excluding hydrogens is 431 g/mol. The Kier molecular flexibility index (Phi) is 6.47. The summed E-state index contributed by atoms with van der Waals surface area (Å²) in [5.41, 5.74) is 1.77. The summed E-state index contributed by atoms with van der Waals surface area (Å²) in [5, 5.41) is 3.69. The van der Waals surface area contributed by atoms with Gasteiger partial charge in [0.05, 0.1) is 27.7 Å². The number of carbonyl (C=O) groups is 1. The van der Waals surface area contributed by atoms with E-state index in [0.717, 1.165) is 5.56 Å². The number of sulfonamides is 1. The van der Waals surface area contributed by atoms with Gasteiger partial charge in [0.25, 0.3) is 10.0 Å². The first-order valence-corrected chi connectivity index (χ1v) is 10.8. The highest BCUT2D eigenvalue weighted by atomic mass is 35.5. The third-order valence-electron chi connectivity index (χ3n) is 4.28. The van der Waals surface area contributed by atoms with E-state index in [0.29, 0.717) is 21.4 Å². The summed E-state index contributed by atoms with van der Waals surface area (Å²) < 4.78 is 26.7. The van der Waals surface area contributed by atoms with Crippen LogP contribution in [0.1, 0.15) is 5.56 Å². The molecule has 29 heavy (non-hydrogen) atoms. The van der Waals surface area contributed by atoms with Crippen LogP contribution in [0.15, 0.2) is 77.7 Å². The molecule has 0 unspecified atom stereocenters. The molecule has 1 N–H and O–H groups in total. The number of amides is 1. The van der Waals surface area contributed by atoms with Crippen LogP contribution in [0.25, 0.3) is 0 Å². The number of rotatable bonds is 6. The van der Waals surface area contributed by atoms with Gasteiger partial charge in [-0.2, -0.15) is 0 Å². The van der Waals surface area contributed by atoms with Crippen LogP contribution in [0.2, 0.25) is 10.0 Å². The van der Waals surface area contributed by atoms with Crippen molar-refractivity contribution < 1.29 is 13.2 Å². The lowest BCUT2D eigenvalue weighted by Gasteiger charge is -2.20. The second-order valence-electron chi connectivity index (χ2n) is 6.30. The summed E-state index contributed by atoms with van der Waals surface area (Å²) in [6.45, 7) is 0. The molecule has 3 aromatic carbocycles. The fourth-order valence-corrected chi connectivity index (χ4v) is 4.17. The summed E-state index contributed by atoms with van der Waals surface area (Å²) in [6, 6.07) is 19.7. The van der Waals surface area contributed by atoms with Gasteiger partial charge in [-0.1, -0.05) is 47.5 Å². The predicted molar refractivity (Wildman–Crippen MR) is 117 cm³/mol. The molecule has 0 aromatic heterocycles. The van der Waals surface area contributed by atoms with Crippen molar-refractivity contribution >= 4 is 50.5 Å². The van der Waals surface area contributed by atoms with Gasteiger partial charge < -0.3 is 5.32 Å². The second kappa shape index (κ2) is 8.86. The van der Waals surface area contributed by atoms with Crippen LogP contribution >= 0.6 is 23.2 Å². The number of benzene rings is 3. The molecule has 150 valence electrons. The van der Waals surface area contributed by atoms with Crippen molar-refractivity contribution in [3.8, 4) is 0 Å². The van der Waals surface area contributed by atoms with Gasteiger partial charge in [-0.25, -0.2) is 8.42 Å². The summed E-state index contributed by atoms with van der Waals surface area (Å²) in [5.74, 6) is -0.215. The maximum absolute atomic E-state index is 12.7. The quantitative estimate of drug-likeness (QED) is 0.576. The average Bonchev–Trinajstić information content (AvgIpc) is 2.70. The Hall–Kier alpha value is -2.54. The number of para-hydroxylation sites is 1. The number of carbonyl (C=O) groups excluding carboxylic acids is 1. The number of hydrogen-bond acceptors (Lipinski definition) is 3. The number of anilines is 2. The van der Waals surface area contributed by atoms with Gasteiger partial charge in [-0.15, -0.1) is 0 Å². The van der Waals surface area contributed by atoms with E-state index in [4.69, 9.17) is 23.2 Å². The second-order valence-corrected chi connectivity index (χ2v) is 9.11. The monoisotopic (exact) mass is 448 g/mol. The minimum atomic E-state index is -3.71. The Morgan fingerprint density at radius 1 is 0.931 bits per heavy atom. The van der Waals surface area contributed by atoms with Crippen LogP contribution in [0.3, 0.4) is 0 Å². The van der Waals surface area contributed by atoms with E-state index < -0.39 is 10.0 Å². The highest BCUT2D eigenvalue weighted by molar-refractivity contribution is 7.92. The van der Waals surface area contributed by atoms with Gasteiger partial charge in [0.1, 0.15) is 0 Å². The highest BCUT2D eigenvalue weighted by Gasteiger charge is 2.21. The van der Waals surface area contributed by atoms with Gasteiger partial charge in [0.2, 0.25) is 5.91 Å². The van der Waals surface area contributed by atoms with Crippen molar-refractivity contribution in [2.45, 2.75) is 11.3 Å². The summed E-state index contributed by atoms with van der Waals surface area (Å²) in [6.07, 6.45) is 0.138. The Morgan fingerprint density at radius 2 is 1.55 bits per heavy atom. The molecule has 0 radical (unpaired) electrons. The zero-order valence-electron chi connectivity index (χ0n) is 15.5. The van der Waals surface area contributed by atoms with Crippen molar-refractivity contribution in [2.75, 3.05) is 16.7 Å². The van der Waals surface area contributed by atoms with Crippen molar-refractivity contribution in [3.63, 3.8) is 0 Å². The van der Waals surface area contributed by atoms with E-state index in [9.17, 15) is 13.2 Å². The van der Waals surface area contributed by atoms with Gasteiger partial charge in [0, 0.05) is 12.1 Å². The van der Waals surface area contributed by atoms with E-state index in [-0.39, 0.29) is 17.2 Å². The molecule has 0 saturated heterocycles. The van der Waals surface area contributed by atoms with Crippen molar-refractivity contribution in [2.24, 2.45) is 0 Å². The fourth-order valence-electron chi connectivity index (χ4n) is 2.67. The molecule has 0 bridgehead atoms. The highest BCUT2D eigenvalue weighted by Crippen LogP contribution is 2.24. The molecule has 0 spiro atoms. The fraction of sp³-hybridized carbons (Fsp3) is 0.0952. The largest absolute Gasteiger partial charge is 0.324 e. The lowest BCUT2D eigenvalue weighted by Crippen LogP contribution is -2.26. The first-order valence-electron chi connectivity index (χ1n) is 8.65. The lowest BCUT2D eigenvalue weighted by molar-refractivity contribution is -0.115. The van der Waals surface area contributed by atoms with E-state index in [1.807, 2.05) is 0 Å². The maximum atomic E-state index is 12.7. The summed E-state index contributed by atoms with van der Waals surface area (Å²) >= 11 is 11.9. The maximum Gasteiger partial charge on any atom is 0.264 e. The first kappa shape index (κ1) is 21.2. The van der Waals surface area contributed by atoms with Crippen molar-refractivity contribution in [1.82, 2.24) is 0 Å². The molecule has 0 aliphatic rings. The molecule has 0 heterocycles. The molecule has 8 heteroatoms. The molecular formula is C21H18Cl2N2O3S.